The van der Waals surface area contributed by atoms with Crippen molar-refractivity contribution in [2.75, 3.05) is 13.2 Å². The predicted octanol–water partition coefficient (Wildman–Crippen LogP) is 1.19. The molecule has 20 heavy (non-hydrogen) atoms. The molecule has 0 heterocycles. The Hall–Kier alpha value is -1.30. The summed E-state index contributed by atoms with van der Waals surface area (Å²) in [7, 11) is 0. The van der Waals surface area contributed by atoms with Gasteiger partial charge in [0.05, 0.1) is 5.92 Å². The summed E-state index contributed by atoms with van der Waals surface area (Å²) in [6.07, 6.45) is 5.94. The van der Waals surface area contributed by atoms with Gasteiger partial charge in [0.25, 0.3) is 0 Å². The number of rotatable bonds is 6. The van der Waals surface area contributed by atoms with Crippen LogP contribution in [0.2, 0.25) is 0 Å². The van der Waals surface area contributed by atoms with Crippen molar-refractivity contribution in [1.82, 2.24) is 10.2 Å². The van der Waals surface area contributed by atoms with Gasteiger partial charge in [-0.2, -0.15) is 0 Å². The minimum absolute atomic E-state index is 0.0671. The SMILES string of the molecule is O=C(O)C1CCCC1NC(=O)N(CCCO)C1CCC1. The molecule has 2 aliphatic carbocycles. The van der Waals surface area contributed by atoms with Crippen LogP contribution >= 0.6 is 0 Å². The van der Waals surface area contributed by atoms with E-state index in [-0.39, 0.29) is 24.7 Å². The number of carboxylic acids is 1. The van der Waals surface area contributed by atoms with Gasteiger partial charge < -0.3 is 20.4 Å². The maximum absolute atomic E-state index is 12.3. The van der Waals surface area contributed by atoms with Crippen molar-refractivity contribution < 1.29 is 19.8 Å². The zero-order chi connectivity index (χ0) is 14.5. The molecule has 0 spiro atoms. The summed E-state index contributed by atoms with van der Waals surface area (Å²) < 4.78 is 0. The van der Waals surface area contributed by atoms with Crippen LogP contribution in [-0.2, 0) is 4.79 Å². The highest BCUT2D eigenvalue weighted by molar-refractivity contribution is 5.77. The number of aliphatic hydroxyl groups is 1. The second-order valence-corrected chi connectivity index (χ2v) is 5.79. The quantitative estimate of drug-likeness (QED) is 0.683. The van der Waals surface area contributed by atoms with E-state index in [1.165, 1.54) is 0 Å². The lowest BCUT2D eigenvalue weighted by atomic mass is 9.91. The third-order valence-electron chi connectivity index (χ3n) is 4.48. The molecule has 2 fully saturated rings. The number of aliphatic carboxylic acids is 1. The summed E-state index contributed by atoms with van der Waals surface area (Å²) in [6.45, 7) is 0.606. The molecule has 2 saturated carbocycles. The summed E-state index contributed by atoms with van der Waals surface area (Å²) in [6, 6.07) is -0.163. The van der Waals surface area contributed by atoms with Crippen LogP contribution in [0.15, 0.2) is 0 Å². The van der Waals surface area contributed by atoms with Crippen LogP contribution in [0.3, 0.4) is 0 Å². The zero-order valence-electron chi connectivity index (χ0n) is 11.8. The van der Waals surface area contributed by atoms with Gasteiger partial charge in [0.15, 0.2) is 0 Å². The molecule has 2 unspecified atom stereocenters. The Labute approximate surface area is 119 Å². The van der Waals surface area contributed by atoms with Crippen molar-refractivity contribution in [1.29, 1.82) is 0 Å². The van der Waals surface area contributed by atoms with Crippen molar-refractivity contribution in [3.8, 4) is 0 Å². The number of hydrogen-bond acceptors (Lipinski definition) is 3. The molecule has 0 saturated heterocycles. The van der Waals surface area contributed by atoms with E-state index in [1.54, 1.807) is 4.90 Å². The Balaban J connectivity index is 1.91. The molecule has 114 valence electrons. The van der Waals surface area contributed by atoms with Gasteiger partial charge in [-0.25, -0.2) is 4.79 Å². The third-order valence-corrected chi connectivity index (χ3v) is 4.48. The highest BCUT2D eigenvalue weighted by atomic mass is 16.4. The molecule has 6 heteroatoms. The van der Waals surface area contributed by atoms with Crippen LogP contribution in [0, 0.1) is 5.92 Å². The van der Waals surface area contributed by atoms with E-state index in [9.17, 15) is 9.59 Å². The van der Waals surface area contributed by atoms with E-state index in [0.29, 0.717) is 19.4 Å². The molecular weight excluding hydrogens is 260 g/mol. The Bertz CT molecular complexity index is 357. The van der Waals surface area contributed by atoms with Gasteiger partial charge in [-0.05, 0) is 38.5 Å². The van der Waals surface area contributed by atoms with Gasteiger partial charge in [0, 0.05) is 25.2 Å². The van der Waals surface area contributed by atoms with E-state index < -0.39 is 11.9 Å². The average molecular weight is 284 g/mol. The van der Waals surface area contributed by atoms with Crippen LogP contribution in [-0.4, -0.2) is 52.3 Å². The highest BCUT2D eigenvalue weighted by Gasteiger charge is 2.36. The van der Waals surface area contributed by atoms with E-state index in [1.807, 2.05) is 0 Å². The summed E-state index contributed by atoms with van der Waals surface area (Å²) >= 11 is 0. The largest absolute Gasteiger partial charge is 0.481 e. The number of nitrogens with zero attached hydrogens (tertiary/aromatic N) is 1. The summed E-state index contributed by atoms with van der Waals surface area (Å²) in [5.74, 6) is -1.28. The Morgan fingerprint density at radius 1 is 1.15 bits per heavy atom. The molecule has 0 aromatic heterocycles. The normalized spacial score (nSPS) is 26.1. The summed E-state index contributed by atoms with van der Waals surface area (Å²) in [4.78, 5) is 25.3. The summed E-state index contributed by atoms with van der Waals surface area (Å²) in [5.41, 5.74) is 0. The molecule has 0 bridgehead atoms. The van der Waals surface area contributed by atoms with Crippen LogP contribution in [0.1, 0.15) is 44.9 Å². The number of amides is 2. The van der Waals surface area contributed by atoms with E-state index in [2.05, 4.69) is 5.32 Å². The van der Waals surface area contributed by atoms with Gasteiger partial charge in [-0.1, -0.05) is 6.42 Å². The lowest BCUT2D eigenvalue weighted by Crippen LogP contribution is -2.53. The molecule has 0 aromatic rings. The van der Waals surface area contributed by atoms with E-state index in [0.717, 1.165) is 32.1 Å². The first-order valence-corrected chi connectivity index (χ1v) is 7.54. The predicted molar refractivity (Wildman–Crippen MR) is 73.3 cm³/mol. The fourth-order valence-corrected chi connectivity index (χ4v) is 3.06. The number of urea groups is 1. The van der Waals surface area contributed by atoms with E-state index >= 15 is 0 Å². The number of carboxylic acid groups (broad SMARTS) is 1. The highest BCUT2D eigenvalue weighted by Crippen LogP contribution is 2.28. The van der Waals surface area contributed by atoms with Gasteiger partial charge in [0.1, 0.15) is 0 Å². The first-order valence-electron chi connectivity index (χ1n) is 7.54. The second-order valence-electron chi connectivity index (χ2n) is 5.79. The van der Waals surface area contributed by atoms with Gasteiger partial charge in [-0.15, -0.1) is 0 Å². The van der Waals surface area contributed by atoms with Crippen molar-refractivity contribution in [2.45, 2.75) is 57.0 Å². The van der Waals surface area contributed by atoms with Gasteiger partial charge in [-0.3, -0.25) is 4.79 Å². The van der Waals surface area contributed by atoms with Gasteiger partial charge >= 0.3 is 12.0 Å². The van der Waals surface area contributed by atoms with Crippen LogP contribution in [0.4, 0.5) is 4.79 Å². The number of carbonyl (C=O) groups excluding carboxylic acids is 1. The molecule has 0 aromatic carbocycles. The third kappa shape index (κ3) is 3.42. The first kappa shape index (κ1) is 15.1. The Kier molecular flexibility index (Phi) is 5.23. The monoisotopic (exact) mass is 284 g/mol. The molecule has 0 aliphatic heterocycles. The number of hydrogen-bond donors (Lipinski definition) is 3. The minimum atomic E-state index is -0.821. The summed E-state index contributed by atoms with van der Waals surface area (Å²) in [5, 5.41) is 21.0. The molecule has 2 amide bonds. The smallest absolute Gasteiger partial charge is 0.317 e. The molecule has 2 atom stereocenters. The lowest BCUT2D eigenvalue weighted by molar-refractivity contribution is -0.142. The minimum Gasteiger partial charge on any atom is -0.481 e. The number of carbonyl (C=O) groups is 2. The topological polar surface area (TPSA) is 89.9 Å². The Morgan fingerprint density at radius 3 is 2.40 bits per heavy atom. The zero-order valence-corrected chi connectivity index (χ0v) is 11.8. The maximum Gasteiger partial charge on any atom is 0.317 e. The molecule has 0 radical (unpaired) electrons. The molecule has 2 aliphatic rings. The van der Waals surface area contributed by atoms with Crippen LogP contribution in [0.25, 0.3) is 0 Å². The van der Waals surface area contributed by atoms with Crippen molar-refractivity contribution in [3.63, 3.8) is 0 Å². The molecule has 3 N–H and O–H groups in total. The fraction of sp³-hybridized carbons (Fsp3) is 0.857. The fourth-order valence-electron chi connectivity index (χ4n) is 3.06. The average Bonchev–Trinajstić information content (AvgIpc) is 2.80. The van der Waals surface area contributed by atoms with Crippen molar-refractivity contribution in [2.24, 2.45) is 5.92 Å². The van der Waals surface area contributed by atoms with E-state index in [4.69, 9.17) is 10.2 Å². The molecular formula is C14H24N2O4. The van der Waals surface area contributed by atoms with Crippen LogP contribution < -0.4 is 5.32 Å². The van der Waals surface area contributed by atoms with Crippen LogP contribution in [0.5, 0.6) is 0 Å². The standard InChI is InChI=1S/C14H24N2O4/c17-9-3-8-16(10-4-1-5-10)14(20)15-12-7-2-6-11(12)13(18)19/h10-12,17H,1-9H2,(H,15,20)(H,18,19). The lowest BCUT2D eigenvalue weighted by Gasteiger charge is -2.38. The number of aliphatic hydroxyl groups excluding tert-OH is 1. The number of nitrogens with one attached hydrogen (secondary N) is 1. The van der Waals surface area contributed by atoms with Crippen molar-refractivity contribution >= 4 is 12.0 Å². The second kappa shape index (κ2) is 6.92. The van der Waals surface area contributed by atoms with Crippen molar-refractivity contribution in [3.05, 3.63) is 0 Å². The van der Waals surface area contributed by atoms with Gasteiger partial charge in [0.2, 0.25) is 0 Å². The molecule has 6 nitrogen and oxygen atoms in total. The molecule has 2 rings (SSSR count). The Morgan fingerprint density at radius 2 is 1.85 bits per heavy atom. The first-order chi connectivity index (χ1) is 9.63. The maximum atomic E-state index is 12.3.